The minimum absolute atomic E-state index is 0.156. The summed E-state index contributed by atoms with van der Waals surface area (Å²) in [6, 6.07) is 10.9. The number of anilines is 1. The Bertz CT molecular complexity index is 988. The molecule has 0 fully saturated rings. The van der Waals surface area contributed by atoms with Crippen molar-refractivity contribution in [2.75, 3.05) is 19.1 Å². The summed E-state index contributed by atoms with van der Waals surface area (Å²) in [5, 5.41) is 0.156. The highest BCUT2D eigenvalue weighted by Gasteiger charge is 2.41. The van der Waals surface area contributed by atoms with Gasteiger partial charge in [0.25, 0.3) is 11.8 Å². The van der Waals surface area contributed by atoms with Crippen LogP contribution in [0.2, 0.25) is 0 Å². The van der Waals surface area contributed by atoms with Crippen molar-refractivity contribution < 1.29 is 19.1 Å². The fraction of sp³-hybridized carbons (Fsp3) is 0.304. The molecule has 1 aliphatic rings. The molecule has 0 radical (unpaired) electrons. The fourth-order valence-corrected chi connectivity index (χ4v) is 4.15. The Kier molecular flexibility index (Phi) is 6.03. The van der Waals surface area contributed by atoms with Gasteiger partial charge in [0.15, 0.2) is 0 Å². The van der Waals surface area contributed by atoms with E-state index in [1.54, 1.807) is 18.2 Å². The zero-order valence-electron chi connectivity index (χ0n) is 17.5. The van der Waals surface area contributed by atoms with E-state index in [1.807, 2.05) is 45.9 Å². The average molecular weight is 412 g/mol. The normalized spacial score (nSPS) is 14.2. The predicted octanol–water partition coefficient (Wildman–Crippen LogP) is 4.75. The van der Waals surface area contributed by atoms with E-state index >= 15 is 0 Å². The molecule has 2 aromatic carbocycles. The van der Waals surface area contributed by atoms with Crippen molar-refractivity contribution in [3.05, 3.63) is 58.0 Å². The summed E-state index contributed by atoms with van der Waals surface area (Å²) in [5.74, 6) is 0.365. The van der Waals surface area contributed by atoms with Crippen LogP contribution in [0.15, 0.2) is 41.3 Å². The highest BCUT2D eigenvalue weighted by Crippen LogP contribution is 2.41. The first-order chi connectivity index (χ1) is 13.8. The maximum atomic E-state index is 13.5. The van der Waals surface area contributed by atoms with Crippen LogP contribution in [0.1, 0.15) is 30.5 Å². The topological polar surface area (TPSA) is 55.8 Å². The average Bonchev–Trinajstić information content (AvgIpc) is 2.92. The zero-order chi connectivity index (χ0) is 21.3. The van der Waals surface area contributed by atoms with Gasteiger partial charge in [-0.15, -0.1) is 11.8 Å². The molecule has 0 saturated heterocycles. The van der Waals surface area contributed by atoms with Crippen LogP contribution in [0.5, 0.6) is 11.5 Å². The van der Waals surface area contributed by atoms with Crippen molar-refractivity contribution >= 4 is 34.8 Å². The van der Waals surface area contributed by atoms with Crippen molar-refractivity contribution in [2.45, 2.75) is 32.9 Å². The number of methoxy groups -OCH3 is 2. The summed E-state index contributed by atoms with van der Waals surface area (Å²) in [5.41, 5.74) is 3.84. The number of ether oxygens (including phenoxy) is 2. The number of aryl methyl sites for hydroxylation is 2. The Morgan fingerprint density at radius 2 is 1.48 bits per heavy atom. The maximum absolute atomic E-state index is 13.5. The Labute approximate surface area is 175 Å². The van der Waals surface area contributed by atoms with Crippen LogP contribution < -0.4 is 14.4 Å². The van der Waals surface area contributed by atoms with Crippen LogP contribution in [-0.4, -0.2) is 31.3 Å². The van der Waals surface area contributed by atoms with Gasteiger partial charge in [-0.25, -0.2) is 4.90 Å². The molecule has 1 heterocycles. The Hall–Kier alpha value is -2.73. The molecule has 0 spiro atoms. The van der Waals surface area contributed by atoms with E-state index in [0.29, 0.717) is 27.7 Å². The van der Waals surface area contributed by atoms with Gasteiger partial charge in [-0.3, -0.25) is 9.59 Å². The number of hydrogen-bond donors (Lipinski definition) is 0. The van der Waals surface area contributed by atoms with Gasteiger partial charge in [-0.2, -0.15) is 0 Å². The van der Waals surface area contributed by atoms with E-state index in [-0.39, 0.29) is 17.1 Å². The van der Waals surface area contributed by atoms with E-state index in [4.69, 9.17) is 9.47 Å². The molecule has 5 nitrogen and oxygen atoms in total. The molecule has 3 rings (SSSR count). The number of carbonyl (C=O) groups excluding carboxylic acids is 2. The number of imide groups is 1. The Morgan fingerprint density at radius 1 is 0.862 bits per heavy atom. The van der Waals surface area contributed by atoms with Gasteiger partial charge in [-0.05, 0) is 30.5 Å². The molecular formula is C23H25NO4S. The van der Waals surface area contributed by atoms with Crippen LogP contribution in [-0.2, 0) is 9.59 Å². The second-order valence-electron chi connectivity index (χ2n) is 7.19. The molecule has 152 valence electrons. The van der Waals surface area contributed by atoms with Crippen molar-refractivity contribution in [1.29, 1.82) is 0 Å². The van der Waals surface area contributed by atoms with E-state index < -0.39 is 0 Å². The van der Waals surface area contributed by atoms with Crippen LogP contribution >= 0.6 is 11.8 Å². The van der Waals surface area contributed by atoms with Gasteiger partial charge in [0.2, 0.25) is 0 Å². The van der Waals surface area contributed by atoms with E-state index in [2.05, 4.69) is 0 Å². The van der Waals surface area contributed by atoms with Gasteiger partial charge < -0.3 is 9.47 Å². The lowest BCUT2D eigenvalue weighted by Gasteiger charge is -2.17. The van der Waals surface area contributed by atoms with Crippen LogP contribution in [0.4, 0.5) is 5.69 Å². The summed E-state index contributed by atoms with van der Waals surface area (Å²) in [7, 11) is 3.07. The number of amides is 2. The Morgan fingerprint density at radius 3 is 2.00 bits per heavy atom. The molecule has 6 heteroatoms. The molecule has 0 atom stereocenters. The quantitative estimate of drug-likeness (QED) is 0.642. The molecule has 0 saturated carbocycles. The molecule has 2 aromatic rings. The van der Waals surface area contributed by atoms with E-state index in [0.717, 1.165) is 16.7 Å². The third-order valence-electron chi connectivity index (χ3n) is 4.78. The van der Waals surface area contributed by atoms with Gasteiger partial charge in [0, 0.05) is 23.4 Å². The molecule has 29 heavy (non-hydrogen) atoms. The Balaban J connectivity index is 2.14. The molecule has 0 aromatic heterocycles. The lowest BCUT2D eigenvalue weighted by atomic mass is 10.0. The number of rotatable bonds is 6. The van der Waals surface area contributed by atoms with Gasteiger partial charge in [-0.1, -0.05) is 32.0 Å². The highest BCUT2D eigenvalue weighted by molar-refractivity contribution is 8.04. The number of nitrogens with zero attached hydrogens (tertiary/aromatic N) is 1. The second-order valence-corrected chi connectivity index (χ2v) is 8.77. The molecule has 0 bridgehead atoms. The zero-order valence-corrected chi connectivity index (χ0v) is 18.3. The smallest absolute Gasteiger partial charge is 0.272 e. The minimum Gasteiger partial charge on any atom is -0.497 e. The van der Waals surface area contributed by atoms with Crippen molar-refractivity contribution in [1.82, 2.24) is 0 Å². The molecular weight excluding hydrogens is 386 g/mol. The van der Waals surface area contributed by atoms with Crippen molar-refractivity contribution in [3.8, 4) is 11.5 Å². The van der Waals surface area contributed by atoms with Crippen LogP contribution in [0.3, 0.4) is 0 Å². The summed E-state index contributed by atoms with van der Waals surface area (Å²) >= 11 is 1.41. The largest absolute Gasteiger partial charge is 0.497 e. The summed E-state index contributed by atoms with van der Waals surface area (Å²) in [6.07, 6.45) is 0. The van der Waals surface area contributed by atoms with E-state index in [9.17, 15) is 9.59 Å². The molecule has 1 aliphatic heterocycles. The number of hydrogen-bond acceptors (Lipinski definition) is 5. The second kappa shape index (κ2) is 8.33. The van der Waals surface area contributed by atoms with Crippen molar-refractivity contribution in [3.63, 3.8) is 0 Å². The predicted molar refractivity (Wildman–Crippen MR) is 118 cm³/mol. The first-order valence-corrected chi connectivity index (χ1v) is 10.2. The first kappa shape index (κ1) is 21.0. The van der Waals surface area contributed by atoms with Crippen LogP contribution in [0, 0.1) is 13.8 Å². The summed E-state index contributed by atoms with van der Waals surface area (Å²) in [4.78, 5) is 28.5. The SMILES string of the molecule is COc1cc(OC)cc(N2C(=O)C(SC(C)C)=C(c3ccc(C)c(C)c3)C2=O)c1. The van der Waals surface area contributed by atoms with Crippen LogP contribution in [0.25, 0.3) is 5.57 Å². The molecule has 0 unspecified atom stereocenters. The fourth-order valence-electron chi connectivity index (χ4n) is 3.16. The third-order valence-corrected chi connectivity index (χ3v) is 5.87. The van der Waals surface area contributed by atoms with Gasteiger partial charge in [0.1, 0.15) is 11.5 Å². The number of carbonyl (C=O) groups is 2. The number of thioether (sulfide) groups is 1. The number of benzene rings is 2. The standard InChI is InChI=1S/C23H25NO4S/c1-13(2)29-21-20(16-8-7-14(3)15(4)9-16)22(25)24(23(21)26)17-10-18(27-5)12-19(11-17)28-6/h7-13H,1-6H3. The highest BCUT2D eigenvalue weighted by atomic mass is 32.2. The monoisotopic (exact) mass is 411 g/mol. The first-order valence-electron chi connectivity index (χ1n) is 9.37. The molecule has 0 aliphatic carbocycles. The third kappa shape index (κ3) is 4.03. The lowest BCUT2D eigenvalue weighted by molar-refractivity contribution is -0.119. The maximum Gasteiger partial charge on any atom is 0.272 e. The minimum atomic E-state index is -0.336. The summed E-state index contributed by atoms with van der Waals surface area (Å²) in [6.45, 7) is 8.03. The summed E-state index contributed by atoms with van der Waals surface area (Å²) < 4.78 is 10.6. The lowest BCUT2D eigenvalue weighted by Crippen LogP contribution is -2.31. The molecule has 0 N–H and O–H groups in total. The van der Waals surface area contributed by atoms with Gasteiger partial charge >= 0.3 is 0 Å². The van der Waals surface area contributed by atoms with E-state index in [1.165, 1.54) is 30.9 Å². The van der Waals surface area contributed by atoms with Gasteiger partial charge in [0.05, 0.1) is 30.4 Å². The van der Waals surface area contributed by atoms with Crippen molar-refractivity contribution in [2.24, 2.45) is 0 Å². The molecule has 2 amide bonds.